The highest BCUT2D eigenvalue weighted by Gasteiger charge is 2.38. The molecule has 0 heterocycles. The normalized spacial score (nSPS) is 14.9. The quantitative estimate of drug-likeness (QED) is 0.709. The molecule has 1 aliphatic rings. The predicted molar refractivity (Wildman–Crippen MR) is 67.7 cm³/mol. The van der Waals surface area contributed by atoms with Crippen LogP contribution in [-0.4, -0.2) is 6.18 Å². The van der Waals surface area contributed by atoms with E-state index in [1.54, 1.807) is 12.1 Å². The van der Waals surface area contributed by atoms with Gasteiger partial charge in [0.05, 0.1) is 0 Å². The summed E-state index contributed by atoms with van der Waals surface area (Å²) in [5, 5.41) is 0. The smallest absolute Gasteiger partial charge is 0.316 e. The molecule has 1 atom stereocenters. The van der Waals surface area contributed by atoms with Gasteiger partial charge in [-0.3, -0.25) is 0 Å². The highest BCUT2D eigenvalue weighted by Crippen LogP contribution is 2.39. The van der Waals surface area contributed by atoms with Gasteiger partial charge in [-0.15, -0.1) is 0 Å². The molecule has 4 heteroatoms. The lowest BCUT2D eigenvalue weighted by Crippen LogP contribution is -2.28. The second kappa shape index (κ2) is 4.10. The van der Waals surface area contributed by atoms with Crippen molar-refractivity contribution >= 4 is 0 Å². The van der Waals surface area contributed by atoms with Gasteiger partial charge in [0, 0.05) is 0 Å². The zero-order valence-electron chi connectivity index (χ0n) is 10.0. The Morgan fingerprint density at radius 3 is 2.37 bits per heavy atom. The first-order valence-corrected chi connectivity index (χ1v) is 6.00. The standard InChI is InChI=1S/C15H12F3N/c16-15(17,18)14(19)10-5-6-13-11(8-10)7-9-3-1-2-4-12(9)13/h1-6,8,14H,7,19H2/t14-/m0/s1. The van der Waals surface area contributed by atoms with E-state index in [-0.39, 0.29) is 5.56 Å². The summed E-state index contributed by atoms with van der Waals surface area (Å²) in [5.41, 5.74) is 9.54. The Morgan fingerprint density at radius 1 is 0.947 bits per heavy atom. The molecule has 0 amide bonds. The molecule has 0 aromatic heterocycles. The molecule has 19 heavy (non-hydrogen) atoms. The Balaban J connectivity index is 2.02. The molecule has 2 N–H and O–H groups in total. The number of alkyl halides is 3. The lowest BCUT2D eigenvalue weighted by atomic mass is 10.00. The molecule has 98 valence electrons. The number of hydrogen-bond donors (Lipinski definition) is 1. The average molecular weight is 263 g/mol. The van der Waals surface area contributed by atoms with Crippen molar-refractivity contribution in [3.8, 4) is 11.1 Å². The molecular weight excluding hydrogens is 251 g/mol. The Bertz CT molecular complexity index is 632. The van der Waals surface area contributed by atoms with E-state index in [2.05, 4.69) is 0 Å². The molecule has 2 aromatic carbocycles. The minimum absolute atomic E-state index is 0.124. The van der Waals surface area contributed by atoms with E-state index in [0.29, 0.717) is 6.42 Å². The largest absolute Gasteiger partial charge is 0.407 e. The third-order valence-corrected chi connectivity index (χ3v) is 3.53. The van der Waals surface area contributed by atoms with Crippen molar-refractivity contribution in [1.29, 1.82) is 0 Å². The topological polar surface area (TPSA) is 26.0 Å². The Labute approximate surface area is 108 Å². The summed E-state index contributed by atoms with van der Waals surface area (Å²) in [4.78, 5) is 0. The van der Waals surface area contributed by atoms with Crippen molar-refractivity contribution < 1.29 is 13.2 Å². The van der Waals surface area contributed by atoms with Crippen LogP contribution in [-0.2, 0) is 6.42 Å². The van der Waals surface area contributed by atoms with E-state index in [9.17, 15) is 13.2 Å². The van der Waals surface area contributed by atoms with Crippen molar-refractivity contribution in [3.63, 3.8) is 0 Å². The minimum atomic E-state index is -4.40. The summed E-state index contributed by atoms with van der Waals surface area (Å²) >= 11 is 0. The van der Waals surface area contributed by atoms with E-state index < -0.39 is 12.2 Å². The van der Waals surface area contributed by atoms with E-state index in [0.717, 1.165) is 22.3 Å². The van der Waals surface area contributed by atoms with Crippen LogP contribution >= 0.6 is 0 Å². The van der Waals surface area contributed by atoms with Gasteiger partial charge in [0.25, 0.3) is 0 Å². The van der Waals surface area contributed by atoms with Crippen LogP contribution in [0.3, 0.4) is 0 Å². The van der Waals surface area contributed by atoms with Crippen molar-refractivity contribution in [2.24, 2.45) is 5.73 Å². The number of hydrogen-bond acceptors (Lipinski definition) is 1. The van der Waals surface area contributed by atoms with Crippen LogP contribution < -0.4 is 5.73 Å². The van der Waals surface area contributed by atoms with Gasteiger partial charge in [-0.2, -0.15) is 13.2 Å². The third kappa shape index (κ3) is 2.02. The molecule has 1 aliphatic carbocycles. The number of rotatable bonds is 1. The van der Waals surface area contributed by atoms with Crippen LogP contribution in [0.25, 0.3) is 11.1 Å². The lowest BCUT2D eigenvalue weighted by Gasteiger charge is -2.16. The van der Waals surface area contributed by atoms with Gasteiger partial charge < -0.3 is 5.73 Å². The van der Waals surface area contributed by atoms with E-state index in [4.69, 9.17) is 5.73 Å². The van der Waals surface area contributed by atoms with Gasteiger partial charge >= 0.3 is 6.18 Å². The van der Waals surface area contributed by atoms with E-state index >= 15 is 0 Å². The molecular formula is C15H12F3N. The van der Waals surface area contributed by atoms with E-state index in [1.165, 1.54) is 6.07 Å². The molecule has 3 rings (SSSR count). The van der Waals surface area contributed by atoms with Crippen LogP contribution in [0.2, 0.25) is 0 Å². The maximum atomic E-state index is 12.6. The SMILES string of the molecule is N[C@@H](c1ccc2c(c1)Cc1ccccc1-2)C(F)(F)F. The van der Waals surface area contributed by atoms with Crippen molar-refractivity contribution in [2.45, 2.75) is 18.6 Å². The Morgan fingerprint density at radius 2 is 1.63 bits per heavy atom. The highest BCUT2D eigenvalue weighted by molar-refractivity contribution is 5.77. The fourth-order valence-electron chi connectivity index (χ4n) is 2.55. The number of halogens is 3. The first kappa shape index (κ1) is 12.2. The van der Waals surface area contributed by atoms with Crippen molar-refractivity contribution in [3.05, 3.63) is 59.2 Å². The molecule has 0 saturated heterocycles. The third-order valence-electron chi connectivity index (χ3n) is 3.53. The molecule has 1 nitrogen and oxygen atoms in total. The van der Waals surface area contributed by atoms with Crippen molar-refractivity contribution in [1.82, 2.24) is 0 Å². The molecule has 0 saturated carbocycles. The Kier molecular flexibility index (Phi) is 2.64. The molecule has 0 fully saturated rings. The maximum Gasteiger partial charge on any atom is 0.407 e. The second-order valence-corrected chi connectivity index (χ2v) is 4.77. The average Bonchev–Trinajstić information content (AvgIpc) is 2.74. The molecule has 0 aliphatic heterocycles. The minimum Gasteiger partial charge on any atom is -0.316 e. The Hall–Kier alpha value is -1.81. The van der Waals surface area contributed by atoms with E-state index in [1.807, 2.05) is 24.3 Å². The number of nitrogens with two attached hydrogens (primary N) is 1. The first-order chi connectivity index (χ1) is 8.97. The summed E-state index contributed by atoms with van der Waals surface area (Å²) in [6.45, 7) is 0. The molecule has 2 aromatic rings. The molecule has 0 bridgehead atoms. The predicted octanol–water partition coefficient (Wildman–Crippen LogP) is 3.82. The highest BCUT2D eigenvalue weighted by atomic mass is 19.4. The summed E-state index contributed by atoms with van der Waals surface area (Å²) in [6, 6.07) is 10.7. The summed E-state index contributed by atoms with van der Waals surface area (Å²) in [7, 11) is 0. The van der Waals surface area contributed by atoms with Crippen LogP contribution in [0.1, 0.15) is 22.7 Å². The van der Waals surface area contributed by atoms with Gasteiger partial charge in [-0.1, -0.05) is 42.5 Å². The monoisotopic (exact) mass is 263 g/mol. The first-order valence-electron chi connectivity index (χ1n) is 6.00. The van der Waals surface area contributed by atoms with Gasteiger partial charge in [0.1, 0.15) is 6.04 Å². The lowest BCUT2D eigenvalue weighted by molar-refractivity contribution is -0.149. The van der Waals surface area contributed by atoms with Gasteiger partial charge in [-0.25, -0.2) is 0 Å². The zero-order chi connectivity index (χ0) is 13.6. The fraction of sp³-hybridized carbons (Fsp3) is 0.200. The fourth-order valence-corrected chi connectivity index (χ4v) is 2.55. The van der Waals surface area contributed by atoms with Gasteiger partial charge in [0.15, 0.2) is 0 Å². The molecule has 0 radical (unpaired) electrons. The maximum absolute atomic E-state index is 12.6. The second-order valence-electron chi connectivity index (χ2n) is 4.77. The summed E-state index contributed by atoms with van der Waals surface area (Å²) < 4.78 is 37.9. The van der Waals surface area contributed by atoms with Crippen LogP contribution in [0.5, 0.6) is 0 Å². The van der Waals surface area contributed by atoms with Crippen LogP contribution in [0.4, 0.5) is 13.2 Å². The van der Waals surface area contributed by atoms with Gasteiger partial charge in [-0.05, 0) is 34.2 Å². The van der Waals surface area contributed by atoms with Crippen molar-refractivity contribution in [2.75, 3.05) is 0 Å². The van der Waals surface area contributed by atoms with Crippen LogP contribution in [0, 0.1) is 0 Å². The number of fused-ring (bicyclic) bond motifs is 3. The number of benzene rings is 2. The molecule has 0 unspecified atom stereocenters. The summed E-state index contributed by atoms with van der Waals surface area (Å²) in [6.07, 6.45) is -3.73. The zero-order valence-corrected chi connectivity index (χ0v) is 10.0. The summed E-state index contributed by atoms with van der Waals surface area (Å²) in [5.74, 6) is 0. The van der Waals surface area contributed by atoms with Gasteiger partial charge in [0.2, 0.25) is 0 Å². The van der Waals surface area contributed by atoms with Crippen LogP contribution in [0.15, 0.2) is 42.5 Å². The molecule has 0 spiro atoms.